The standard InChI is InChI=1S/C12H14ClNO2/c1-9-2-3-10-8-14(12(15)7-13)4-5-16-11(10)6-9/h2-3,6H,4-5,7-8H2,1H3. The molecule has 1 aromatic carbocycles. The van der Waals surface area contributed by atoms with Gasteiger partial charge in [-0.25, -0.2) is 0 Å². The SMILES string of the molecule is Cc1ccc2c(c1)OCCN(C(=O)CCl)C2. The molecule has 0 atom stereocenters. The minimum Gasteiger partial charge on any atom is -0.491 e. The molecular formula is C12H14ClNO2. The second-order valence-corrected chi connectivity index (χ2v) is 4.18. The average molecular weight is 240 g/mol. The van der Waals surface area contributed by atoms with Gasteiger partial charge in [-0.2, -0.15) is 0 Å². The summed E-state index contributed by atoms with van der Waals surface area (Å²) in [5.41, 5.74) is 2.21. The molecule has 0 spiro atoms. The highest BCUT2D eigenvalue weighted by Crippen LogP contribution is 2.24. The summed E-state index contributed by atoms with van der Waals surface area (Å²) < 4.78 is 5.62. The maximum atomic E-state index is 11.5. The van der Waals surface area contributed by atoms with Crippen molar-refractivity contribution in [2.45, 2.75) is 13.5 Å². The largest absolute Gasteiger partial charge is 0.491 e. The molecule has 0 aliphatic carbocycles. The Morgan fingerprint density at radius 2 is 2.38 bits per heavy atom. The van der Waals surface area contributed by atoms with E-state index in [2.05, 4.69) is 0 Å². The van der Waals surface area contributed by atoms with E-state index < -0.39 is 0 Å². The van der Waals surface area contributed by atoms with Gasteiger partial charge in [-0.3, -0.25) is 4.79 Å². The van der Waals surface area contributed by atoms with Crippen molar-refractivity contribution in [2.24, 2.45) is 0 Å². The first-order valence-corrected chi connectivity index (χ1v) is 5.80. The van der Waals surface area contributed by atoms with Crippen molar-refractivity contribution in [1.29, 1.82) is 0 Å². The Labute approximate surface area is 100.0 Å². The second-order valence-electron chi connectivity index (χ2n) is 3.91. The van der Waals surface area contributed by atoms with Gasteiger partial charge in [0.2, 0.25) is 5.91 Å². The Morgan fingerprint density at radius 1 is 1.56 bits per heavy atom. The summed E-state index contributed by atoms with van der Waals surface area (Å²) in [5.74, 6) is 0.866. The van der Waals surface area contributed by atoms with Crippen LogP contribution in [0.1, 0.15) is 11.1 Å². The van der Waals surface area contributed by atoms with Gasteiger partial charge >= 0.3 is 0 Å². The number of carbonyl (C=O) groups is 1. The highest BCUT2D eigenvalue weighted by molar-refractivity contribution is 6.27. The van der Waals surface area contributed by atoms with Crippen LogP contribution in [0.4, 0.5) is 0 Å². The molecule has 0 radical (unpaired) electrons. The van der Waals surface area contributed by atoms with E-state index in [1.54, 1.807) is 4.90 Å². The van der Waals surface area contributed by atoms with Crippen molar-refractivity contribution in [2.75, 3.05) is 19.0 Å². The molecule has 86 valence electrons. The first-order chi connectivity index (χ1) is 7.70. The van der Waals surface area contributed by atoms with Crippen molar-refractivity contribution in [1.82, 2.24) is 4.90 Å². The molecule has 0 saturated carbocycles. The van der Waals surface area contributed by atoms with E-state index in [4.69, 9.17) is 16.3 Å². The molecule has 0 aromatic heterocycles. The first-order valence-electron chi connectivity index (χ1n) is 5.27. The van der Waals surface area contributed by atoms with Crippen molar-refractivity contribution >= 4 is 17.5 Å². The van der Waals surface area contributed by atoms with Crippen LogP contribution in [0, 0.1) is 6.92 Å². The van der Waals surface area contributed by atoms with Gasteiger partial charge in [0.25, 0.3) is 0 Å². The van der Waals surface area contributed by atoms with Crippen LogP contribution in [0.15, 0.2) is 18.2 Å². The van der Waals surface area contributed by atoms with Gasteiger partial charge in [-0.1, -0.05) is 12.1 Å². The number of hydrogen-bond donors (Lipinski definition) is 0. The van der Waals surface area contributed by atoms with E-state index in [-0.39, 0.29) is 11.8 Å². The van der Waals surface area contributed by atoms with Gasteiger partial charge in [0.1, 0.15) is 18.2 Å². The lowest BCUT2D eigenvalue weighted by atomic mass is 10.1. The van der Waals surface area contributed by atoms with Crippen molar-refractivity contribution in [3.63, 3.8) is 0 Å². The van der Waals surface area contributed by atoms with Gasteiger partial charge in [0.05, 0.1) is 6.54 Å². The second kappa shape index (κ2) is 4.74. The Morgan fingerprint density at radius 3 is 3.12 bits per heavy atom. The minimum absolute atomic E-state index is 0.0290. The molecule has 0 bridgehead atoms. The maximum Gasteiger partial charge on any atom is 0.237 e. The van der Waals surface area contributed by atoms with Crippen molar-refractivity contribution in [3.05, 3.63) is 29.3 Å². The minimum atomic E-state index is -0.0429. The molecule has 0 fully saturated rings. The highest BCUT2D eigenvalue weighted by atomic mass is 35.5. The number of carbonyl (C=O) groups excluding carboxylic acids is 1. The van der Waals surface area contributed by atoms with Gasteiger partial charge in [0.15, 0.2) is 0 Å². The normalized spacial score (nSPS) is 15.0. The Bertz CT molecular complexity index is 406. The number of aryl methyl sites for hydroxylation is 1. The molecule has 3 nitrogen and oxygen atoms in total. The summed E-state index contributed by atoms with van der Waals surface area (Å²) >= 11 is 5.56. The predicted molar refractivity (Wildman–Crippen MR) is 62.8 cm³/mol. The van der Waals surface area contributed by atoms with E-state index in [9.17, 15) is 4.79 Å². The first kappa shape index (κ1) is 11.3. The van der Waals surface area contributed by atoms with Crippen LogP contribution in [0.3, 0.4) is 0 Å². The molecule has 2 rings (SSSR count). The van der Waals surface area contributed by atoms with Crippen LogP contribution in [-0.2, 0) is 11.3 Å². The summed E-state index contributed by atoms with van der Waals surface area (Å²) in [4.78, 5) is 13.3. The molecular weight excluding hydrogens is 226 g/mol. The fourth-order valence-corrected chi connectivity index (χ4v) is 1.94. The molecule has 1 aromatic rings. The van der Waals surface area contributed by atoms with E-state index >= 15 is 0 Å². The van der Waals surface area contributed by atoms with Crippen LogP contribution in [0.5, 0.6) is 5.75 Å². The van der Waals surface area contributed by atoms with Gasteiger partial charge in [0, 0.05) is 12.1 Å². The Kier molecular flexibility index (Phi) is 3.34. The third-order valence-corrected chi connectivity index (χ3v) is 2.90. The zero-order chi connectivity index (χ0) is 11.5. The summed E-state index contributed by atoms with van der Waals surface area (Å²) in [6.45, 7) is 3.73. The molecule has 1 aliphatic rings. The van der Waals surface area contributed by atoms with Crippen LogP contribution in [0.2, 0.25) is 0 Å². The van der Waals surface area contributed by atoms with Gasteiger partial charge in [-0.05, 0) is 18.6 Å². The van der Waals surface area contributed by atoms with E-state index in [1.165, 1.54) is 0 Å². The lowest BCUT2D eigenvalue weighted by Gasteiger charge is -2.18. The molecule has 0 unspecified atom stereocenters. The van der Waals surface area contributed by atoms with Gasteiger partial charge < -0.3 is 9.64 Å². The molecule has 0 saturated heterocycles. The molecule has 0 N–H and O–H groups in total. The lowest BCUT2D eigenvalue weighted by molar-refractivity contribution is -0.129. The van der Waals surface area contributed by atoms with E-state index in [0.29, 0.717) is 19.7 Å². The predicted octanol–water partition coefficient (Wildman–Crippen LogP) is 1.95. The number of halogens is 1. The molecule has 4 heteroatoms. The molecule has 1 heterocycles. The molecule has 1 aliphatic heterocycles. The van der Waals surface area contributed by atoms with E-state index in [0.717, 1.165) is 16.9 Å². The van der Waals surface area contributed by atoms with Crippen molar-refractivity contribution < 1.29 is 9.53 Å². The molecule has 1 amide bonds. The van der Waals surface area contributed by atoms with Gasteiger partial charge in [-0.15, -0.1) is 11.6 Å². The third kappa shape index (κ3) is 2.30. The number of rotatable bonds is 1. The highest BCUT2D eigenvalue weighted by Gasteiger charge is 2.18. The number of benzene rings is 1. The summed E-state index contributed by atoms with van der Waals surface area (Å²) in [7, 11) is 0. The average Bonchev–Trinajstić information content (AvgIpc) is 2.49. The smallest absolute Gasteiger partial charge is 0.237 e. The fraction of sp³-hybridized carbons (Fsp3) is 0.417. The Hall–Kier alpha value is -1.22. The number of hydrogen-bond acceptors (Lipinski definition) is 2. The quantitative estimate of drug-likeness (QED) is 0.702. The summed E-state index contributed by atoms with van der Waals surface area (Å²) in [6.07, 6.45) is 0. The van der Waals surface area contributed by atoms with Crippen molar-refractivity contribution in [3.8, 4) is 5.75 Å². The summed E-state index contributed by atoms with van der Waals surface area (Å²) in [5, 5.41) is 0. The number of ether oxygens (including phenoxy) is 1. The third-order valence-electron chi connectivity index (χ3n) is 2.67. The number of fused-ring (bicyclic) bond motifs is 1. The fourth-order valence-electron chi connectivity index (χ4n) is 1.77. The van der Waals surface area contributed by atoms with Crippen LogP contribution in [0.25, 0.3) is 0 Å². The topological polar surface area (TPSA) is 29.5 Å². The zero-order valence-electron chi connectivity index (χ0n) is 9.20. The lowest BCUT2D eigenvalue weighted by Crippen LogP contribution is -2.33. The number of alkyl halides is 1. The molecule has 16 heavy (non-hydrogen) atoms. The maximum absolute atomic E-state index is 11.5. The monoisotopic (exact) mass is 239 g/mol. The number of nitrogens with zero attached hydrogens (tertiary/aromatic N) is 1. The Balaban J connectivity index is 2.24. The summed E-state index contributed by atoms with van der Waals surface area (Å²) in [6, 6.07) is 6.03. The van der Waals surface area contributed by atoms with Crippen LogP contribution in [-0.4, -0.2) is 29.8 Å². The number of amides is 1. The van der Waals surface area contributed by atoms with Crippen LogP contribution < -0.4 is 4.74 Å². The van der Waals surface area contributed by atoms with Crippen LogP contribution >= 0.6 is 11.6 Å². The zero-order valence-corrected chi connectivity index (χ0v) is 9.96. The van der Waals surface area contributed by atoms with E-state index in [1.807, 2.05) is 25.1 Å².